The van der Waals surface area contributed by atoms with E-state index in [9.17, 15) is 14.0 Å². The van der Waals surface area contributed by atoms with Crippen LogP contribution in [0.1, 0.15) is 56.0 Å². The average molecular weight is 441 g/mol. The van der Waals surface area contributed by atoms with Gasteiger partial charge in [0.1, 0.15) is 11.6 Å². The second-order valence-electron chi connectivity index (χ2n) is 8.64. The second kappa shape index (κ2) is 11.2. The largest absolute Gasteiger partial charge is 0.484 e. The van der Waals surface area contributed by atoms with Gasteiger partial charge in [-0.1, -0.05) is 25.5 Å². The molecular weight excluding hydrogens is 407 g/mol. The van der Waals surface area contributed by atoms with E-state index in [0.717, 1.165) is 31.5 Å². The molecule has 3 rings (SSSR count). The number of rotatable bonds is 9. The number of halogens is 1. The highest BCUT2D eigenvalue weighted by Gasteiger charge is 2.32. The first kappa shape index (κ1) is 23.9. The molecule has 0 unspecified atom stereocenters. The molecule has 1 aliphatic heterocycles. The molecule has 0 spiro atoms. The molecule has 0 saturated carbocycles. The van der Waals surface area contributed by atoms with Gasteiger partial charge in [0.15, 0.2) is 12.4 Å². The van der Waals surface area contributed by atoms with Gasteiger partial charge in [0.2, 0.25) is 0 Å². The van der Waals surface area contributed by atoms with Crippen molar-refractivity contribution in [1.82, 2.24) is 9.80 Å². The third kappa shape index (κ3) is 6.39. The zero-order valence-electron chi connectivity index (χ0n) is 19.2. The highest BCUT2D eigenvalue weighted by molar-refractivity contribution is 5.96. The number of ketones is 1. The van der Waals surface area contributed by atoms with E-state index in [1.165, 1.54) is 12.1 Å². The summed E-state index contributed by atoms with van der Waals surface area (Å²) in [7, 11) is 0. The quantitative estimate of drug-likeness (QED) is 0.531. The van der Waals surface area contributed by atoms with Gasteiger partial charge in [-0.25, -0.2) is 4.39 Å². The lowest BCUT2D eigenvalue weighted by atomic mass is 10.1. The van der Waals surface area contributed by atoms with Crippen LogP contribution in [-0.4, -0.2) is 53.3 Å². The number of hydrogen-bond donors (Lipinski definition) is 0. The number of Topliss-reactive ketones (excluding diaryl/α,β-unsaturated/α-hetero) is 1. The van der Waals surface area contributed by atoms with Gasteiger partial charge >= 0.3 is 0 Å². The molecule has 1 aliphatic rings. The van der Waals surface area contributed by atoms with Crippen LogP contribution in [0.25, 0.3) is 0 Å². The van der Waals surface area contributed by atoms with Crippen molar-refractivity contribution in [1.29, 1.82) is 0 Å². The highest BCUT2D eigenvalue weighted by atomic mass is 19.1. The number of hydrogen-bond acceptors (Lipinski definition) is 4. The minimum absolute atomic E-state index is 0.0296. The van der Waals surface area contributed by atoms with Gasteiger partial charge in [-0.05, 0) is 62.2 Å². The summed E-state index contributed by atoms with van der Waals surface area (Å²) in [6.07, 6.45) is 2.43. The van der Waals surface area contributed by atoms with Crippen molar-refractivity contribution >= 4 is 11.7 Å². The first-order chi connectivity index (χ1) is 15.4. The molecule has 1 heterocycles. The molecule has 32 heavy (non-hydrogen) atoms. The van der Waals surface area contributed by atoms with E-state index in [4.69, 9.17) is 4.74 Å². The van der Waals surface area contributed by atoms with Crippen LogP contribution in [0.2, 0.25) is 0 Å². The van der Waals surface area contributed by atoms with Gasteiger partial charge in [0.25, 0.3) is 5.91 Å². The second-order valence-corrected chi connectivity index (χ2v) is 8.64. The monoisotopic (exact) mass is 440 g/mol. The minimum Gasteiger partial charge on any atom is -0.484 e. The maximum absolute atomic E-state index is 13.2. The summed E-state index contributed by atoms with van der Waals surface area (Å²) < 4.78 is 18.9. The Morgan fingerprint density at radius 2 is 1.69 bits per heavy atom. The third-order valence-corrected chi connectivity index (χ3v) is 6.03. The molecule has 5 nitrogen and oxygen atoms in total. The Bertz CT molecular complexity index is 898. The molecule has 1 amide bonds. The van der Waals surface area contributed by atoms with Crippen LogP contribution >= 0.6 is 0 Å². The fraction of sp³-hybridized carbons (Fsp3) is 0.462. The Balaban J connectivity index is 1.50. The van der Waals surface area contributed by atoms with E-state index in [1.807, 2.05) is 11.8 Å². The van der Waals surface area contributed by atoms with E-state index in [2.05, 4.69) is 18.7 Å². The predicted molar refractivity (Wildman–Crippen MR) is 123 cm³/mol. The van der Waals surface area contributed by atoms with Crippen molar-refractivity contribution in [3.8, 4) is 5.75 Å². The van der Waals surface area contributed by atoms with Crippen LogP contribution in [-0.2, 0) is 11.3 Å². The Morgan fingerprint density at radius 3 is 2.34 bits per heavy atom. The standard InChI is InChI=1S/C26H33FN2O3/c1-4-5-6-25(30)22-9-13-24(14-10-22)32-18-26(31)29-16-19(2)28(15-20(29)3)17-21-7-11-23(27)12-8-21/h7-14,19-20H,4-6,15-18H2,1-3H3/t19-,20+/m0/s1. The van der Waals surface area contributed by atoms with Crippen molar-refractivity contribution in [2.75, 3.05) is 19.7 Å². The van der Waals surface area contributed by atoms with E-state index >= 15 is 0 Å². The Kier molecular flexibility index (Phi) is 8.39. The van der Waals surface area contributed by atoms with Crippen molar-refractivity contribution in [2.45, 2.75) is 58.7 Å². The maximum Gasteiger partial charge on any atom is 0.260 e. The first-order valence-electron chi connectivity index (χ1n) is 11.4. The summed E-state index contributed by atoms with van der Waals surface area (Å²) in [6, 6.07) is 13.8. The highest BCUT2D eigenvalue weighted by Crippen LogP contribution is 2.20. The van der Waals surface area contributed by atoms with Crippen LogP contribution in [0.15, 0.2) is 48.5 Å². The van der Waals surface area contributed by atoms with E-state index < -0.39 is 0 Å². The van der Waals surface area contributed by atoms with Crippen LogP contribution < -0.4 is 4.74 Å². The van der Waals surface area contributed by atoms with Crippen molar-refractivity contribution in [3.63, 3.8) is 0 Å². The van der Waals surface area contributed by atoms with Gasteiger partial charge in [0, 0.05) is 43.7 Å². The van der Waals surface area contributed by atoms with Crippen LogP contribution in [0.4, 0.5) is 4.39 Å². The molecule has 0 N–H and O–H groups in total. The summed E-state index contributed by atoms with van der Waals surface area (Å²) in [4.78, 5) is 29.1. The van der Waals surface area contributed by atoms with E-state index in [1.54, 1.807) is 36.4 Å². The van der Waals surface area contributed by atoms with Gasteiger partial charge < -0.3 is 9.64 Å². The molecule has 2 aromatic rings. The normalized spacial score (nSPS) is 19.1. The molecule has 1 fully saturated rings. The minimum atomic E-state index is -0.233. The molecule has 2 aromatic carbocycles. The molecule has 2 atom stereocenters. The van der Waals surface area contributed by atoms with Gasteiger partial charge in [-0.3, -0.25) is 14.5 Å². The number of carbonyl (C=O) groups excluding carboxylic acids is 2. The summed E-state index contributed by atoms with van der Waals surface area (Å²) in [5.74, 6) is 0.439. The molecule has 6 heteroatoms. The molecule has 0 bridgehead atoms. The molecule has 1 saturated heterocycles. The summed E-state index contributed by atoms with van der Waals surface area (Å²) in [5, 5.41) is 0. The lowest BCUT2D eigenvalue weighted by Gasteiger charge is -2.44. The van der Waals surface area contributed by atoms with E-state index in [-0.39, 0.29) is 36.2 Å². The predicted octanol–water partition coefficient (Wildman–Crippen LogP) is 4.70. The SMILES string of the molecule is CCCCC(=O)c1ccc(OCC(=O)N2C[C@H](C)N(Cc3ccc(F)cc3)C[C@H]2C)cc1. The maximum atomic E-state index is 13.2. The summed E-state index contributed by atoms with van der Waals surface area (Å²) >= 11 is 0. The number of piperazine rings is 1. The molecule has 0 radical (unpaired) electrons. The van der Waals surface area contributed by atoms with Crippen LogP contribution in [0.5, 0.6) is 5.75 Å². The number of ether oxygens (including phenoxy) is 1. The fourth-order valence-corrected chi connectivity index (χ4v) is 4.04. The van der Waals surface area contributed by atoms with Gasteiger partial charge in [-0.15, -0.1) is 0 Å². The lowest BCUT2D eigenvalue weighted by Crippen LogP contribution is -2.58. The molecular formula is C26H33FN2O3. The first-order valence-corrected chi connectivity index (χ1v) is 11.4. The molecule has 172 valence electrons. The number of benzene rings is 2. The summed E-state index contributed by atoms with van der Waals surface area (Å²) in [5.41, 5.74) is 1.74. The molecule has 0 aromatic heterocycles. The fourth-order valence-electron chi connectivity index (χ4n) is 4.04. The number of carbonyl (C=O) groups is 2. The lowest BCUT2D eigenvalue weighted by molar-refractivity contribution is -0.139. The Morgan fingerprint density at radius 1 is 1.00 bits per heavy atom. The Labute approximate surface area is 190 Å². The van der Waals surface area contributed by atoms with Crippen molar-refractivity contribution in [2.24, 2.45) is 0 Å². The van der Waals surface area contributed by atoms with Crippen LogP contribution in [0, 0.1) is 5.82 Å². The topological polar surface area (TPSA) is 49.9 Å². The molecule has 0 aliphatic carbocycles. The van der Waals surface area contributed by atoms with Crippen molar-refractivity contribution < 1.29 is 18.7 Å². The number of nitrogens with zero attached hydrogens (tertiary/aromatic N) is 2. The van der Waals surface area contributed by atoms with Gasteiger partial charge in [0.05, 0.1) is 0 Å². The van der Waals surface area contributed by atoms with Crippen LogP contribution in [0.3, 0.4) is 0 Å². The summed E-state index contributed by atoms with van der Waals surface area (Å²) in [6.45, 7) is 8.28. The smallest absolute Gasteiger partial charge is 0.260 e. The average Bonchev–Trinajstić information content (AvgIpc) is 2.79. The van der Waals surface area contributed by atoms with Gasteiger partial charge in [-0.2, -0.15) is 0 Å². The Hall–Kier alpha value is -2.73. The zero-order valence-corrected chi connectivity index (χ0v) is 19.2. The number of amides is 1. The zero-order chi connectivity index (χ0) is 23.1. The third-order valence-electron chi connectivity index (χ3n) is 6.03. The van der Waals surface area contributed by atoms with E-state index in [0.29, 0.717) is 24.3 Å². The number of unbranched alkanes of at least 4 members (excludes halogenated alkanes) is 1. The van der Waals surface area contributed by atoms with Crippen molar-refractivity contribution in [3.05, 3.63) is 65.5 Å².